The molecule has 0 bridgehead atoms. The van der Waals surface area contributed by atoms with Crippen molar-refractivity contribution < 1.29 is 13.3 Å². The highest BCUT2D eigenvalue weighted by Gasteiger charge is 2.30. The molecule has 2 aliphatic heterocycles. The van der Waals surface area contributed by atoms with Gasteiger partial charge in [0.05, 0.1) is 21.5 Å². The molecule has 174 valence electrons. The first kappa shape index (κ1) is 22.9. The van der Waals surface area contributed by atoms with Crippen LogP contribution in [0.2, 0.25) is 0 Å². The molecule has 2 aromatic rings. The summed E-state index contributed by atoms with van der Waals surface area (Å²) in [5.41, 5.74) is 0.733. The standard InChI is InChI=1S/C22H26N6O4S/c23-17-18-7-8-24-22(15-18)26-13-11-25(12-14-26)20-6-5-19(16-21(20)28(29)30)33(31,32)27-9-3-1-2-4-10-27/h5-8,15-16H,1-4,9-14H2. The summed E-state index contributed by atoms with van der Waals surface area (Å²) in [4.78, 5) is 19.6. The van der Waals surface area contributed by atoms with Gasteiger partial charge in [-0.3, -0.25) is 10.1 Å². The van der Waals surface area contributed by atoms with Crippen molar-refractivity contribution in [3.8, 4) is 6.07 Å². The Bertz CT molecular complexity index is 1160. The van der Waals surface area contributed by atoms with Gasteiger partial charge in [-0.2, -0.15) is 9.57 Å². The van der Waals surface area contributed by atoms with Gasteiger partial charge in [0.25, 0.3) is 5.69 Å². The van der Waals surface area contributed by atoms with E-state index in [-0.39, 0.29) is 10.6 Å². The summed E-state index contributed by atoms with van der Waals surface area (Å²) in [6.45, 7) is 3.07. The molecule has 1 aromatic carbocycles. The number of aromatic nitrogens is 1. The Morgan fingerprint density at radius 2 is 1.61 bits per heavy atom. The third-order valence-corrected chi connectivity index (χ3v) is 8.06. The van der Waals surface area contributed by atoms with Crippen LogP contribution < -0.4 is 9.80 Å². The Morgan fingerprint density at radius 3 is 2.24 bits per heavy atom. The zero-order valence-electron chi connectivity index (χ0n) is 18.3. The molecule has 0 N–H and O–H groups in total. The van der Waals surface area contributed by atoms with E-state index in [0.29, 0.717) is 56.3 Å². The number of nitriles is 1. The summed E-state index contributed by atoms with van der Waals surface area (Å²) in [6.07, 6.45) is 5.18. The molecule has 0 unspecified atom stereocenters. The van der Waals surface area contributed by atoms with E-state index in [2.05, 4.69) is 11.1 Å². The van der Waals surface area contributed by atoms with Crippen LogP contribution in [0.1, 0.15) is 31.2 Å². The predicted molar refractivity (Wildman–Crippen MR) is 124 cm³/mol. The lowest BCUT2D eigenvalue weighted by molar-refractivity contribution is -0.384. The molecule has 3 heterocycles. The molecule has 0 amide bonds. The number of piperazine rings is 1. The molecule has 0 aliphatic carbocycles. The highest BCUT2D eigenvalue weighted by molar-refractivity contribution is 7.89. The number of hydrogen-bond acceptors (Lipinski definition) is 8. The minimum absolute atomic E-state index is 0.0315. The van der Waals surface area contributed by atoms with Crippen molar-refractivity contribution in [1.29, 1.82) is 5.26 Å². The molecule has 33 heavy (non-hydrogen) atoms. The van der Waals surface area contributed by atoms with Gasteiger partial charge in [0.15, 0.2) is 0 Å². The van der Waals surface area contributed by atoms with Gasteiger partial charge in [0.2, 0.25) is 10.0 Å². The summed E-state index contributed by atoms with van der Waals surface area (Å²) < 4.78 is 27.7. The highest BCUT2D eigenvalue weighted by atomic mass is 32.2. The highest BCUT2D eigenvalue weighted by Crippen LogP contribution is 2.33. The summed E-state index contributed by atoms with van der Waals surface area (Å²) in [5.74, 6) is 0.696. The molecule has 11 heteroatoms. The van der Waals surface area contributed by atoms with E-state index in [4.69, 9.17) is 5.26 Å². The largest absolute Gasteiger partial charge is 0.362 e. The van der Waals surface area contributed by atoms with Gasteiger partial charge >= 0.3 is 0 Å². The van der Waals surface area contributed by atoms with Crippen LogP contribution in [-0.4, -0.2) is 61.9 Å². The van der Waals surface area contributed by atoms with E-state index in [1.54, 1.807) is 24.4 Å². The Kier molecular flexibility index (Phi) is 6.76. The number of hydrogen-bond donors (Lipinski definition) is 0. The zero-order valence-corrected chi connectivity index (χ0v) is 19.1. The van der Waals surface area contributed by atoms with E-state index in [1.807, 2.05) is 9.80 Å². The van der Waals surface area contributed by atoms with Gasteiger partial charge in [0, 0.05) is 51.5 Å². The Hall–Kier alpha value is -3.23. The fraction of sp³-hybridized carbons (Fsp3) is 0.455. The van der Waals surface area contributed by atoms with Crippen LogP contribution in [0.25, 0.3) is 0 Å². The van der Waals surface area contributed by atoms with Crippen LogP contribution in [0.3, 0.4) is 0 Å². The van der Waals surface area contributed by atoms with Gasteiger partial charge in [-0.05, 0) is 37.1 Å². The molecule has 4 rings (SSSR count). The van der Waals surface area contributed by atoms with E-state index < -0.39 is 14.9 Å². The van der Waals surface area contributed by atoms with Crippen LogP contribution in [0, 0.1) is 21.4 Å². The average Bonchev–Trinajstić information content (AvgIpc) is 3.14. The molecule has 2 aliphatic rings. The van der Waals surface area contributed by atoms with Crippen molar-refractivity contribution in [2.45, 2.75) is 30.6 Å². The first-order valence-corrected chi connectivity index (χ1v) is 12.5. The lowest BCUT2D eigenvalue weighted by Gasteiger charge is -2.36. The van der Waals surface area contributed by atoms with Gasteiger partial charge in [0.1, 0.15) is 11.5 Å². The second kappa shape index (κ2) is 9.72. The number of nitro groups is 1. The Balaban J connectivity index is 1.54. The van der Waals surface area contributed by atoms with Gasteiger partial charge < -0.3 is 9.80 Å². The quantitative estimate of drug-likeness (QED) is 0.483. The SMILES string of the molecule is N#Cc1ccnc(N2CCN(c3ccc(S(=O)(=O)N4CCCCCC4)cc3[N+](=O)[O-])CC2)c1. The zero-order chi connectivity index (χ0) is 23.4. The molecule has 0 atom stereocenters. The minimum atomic E-state index is -3.77. The van der Waals surface area contributed by atoms with E-state index >= 15 is 0 Å². The van der Waals surface area contributed by atoms with Crippen LogP contribution in [-0.2, 0) is 10.0 Å². The number of pyridine rings is 1. The third-order valence-electron chi connectivity index (χ3n) is 6.17. The molecular formula is C22H26N6O4S. The monoisotopic (exact) mass is 470 g/mol. The average molecular weight is 471 g/mol. The van der Waals surface area contributed by atoms with Gasteiger partial charge in [-0.25, -0.2) is 13.4 Å². The van der Waals surface area contributed by atoms with Crippen molar-refractivity contribution >= 4 is 27.2 Å². The molecule has 0 saturated carbocycles. The number of nitro benzene ring substituents is 1. The number of nitrogens with zero attached hydrogens (tertiary/aromatic N) is 6. The second-order valence-electron chi connectivity index (χ2n) is 8.21. The molecule has 0 spiro atoms. The molecule has 10 nitrogen and oxygen atoms in total. The van der Waals surface area contributed by atoms with Gasteiger partial charge in [-0.15, -0.1) is 0 Å². The van der Waals surface area contributed by atoms with Crippen molar-refractivity contribution in [2.24, 2.45) is 0 Å². The number of anilines is 2. The van der Waals surface area contributed by atoms with Crippen LogP contribution >= 0.6 is 0 Å². The topological polar surface area (TPSA) is 124 Å². The molecule has 2 saturated heterocycles. The van der Waals surface area contributed by atoms with Crippen LogP contribution in [0.5, 0.6) is 0 Å². The van der Waals surface area contributed by atoms with Crippen molar-refractivity contribution in [2.75, 3.05) is 49.1 Å². The summed E-state index contributed by atoms with van der Waals surface area (Å²) in [6, 6.07) is 9.69. The van der Waals surface area contributed by atoms with Gasteiger partial charge in [-0.1, -0.05) is 12.8 Å². The normalized spacial score (nSPS) is 17.9. The number of rotatable bonds is 5. The minimum Gasteiger partial charge on any atom is -0.362 e. The van der Waals surface area contributed by atoms with Crippen molar-refractivity contribution in [3.05, 3.63) is 52.2 Å². The van der Waals surface area contributed by atoms with Crippen LogP contribution in [0.4, 0.5) is 17.2 Å². The fourth-order valence-electron chi connectivity index (χ4n) is 4.35. The van der Waals surface area contributed by atoms with E-state index in [0.717, 1.165) is 25.7 Å². The number of sulfonamides is 1. The Morgan fingerprint density at radius 1 is 0.939 bits per heavy atom. The van der Waals surface area contributed by atoms with Crippen molar-refractivity contribution in [1.82, 2.24) is 9.29 Å². The maximum Gasteiger partial charge on any atom is 0.293 e. The third kappa shape index (κ3) is 4.91. The van der Waals surface area contributed by atoms with Crippen molar-refractivity contribution in [3.63, 3.8) is 0 Å². The lowest BCUT2D eigenvalue weighted by atomic mass is 10.2. The fourth-order valence-corrected chi connectivity index (χ4v) is 5.88. The lowest BCUT2D eigenvalue weighted by Crippen LogP contribution is -2.47. The first-order valence-electron chi connectivity index (χ1n) is 11.0. The molecular weight excluding hydrogens is 444 g/mol. The molecule has 0 radical (unpaired) electrons. The summed E-state index contributed by atoms with van der Waals surface area (Å²) in [5, 5.41) is 20.9. The van der Waals surface area contributed by atoms with E-state index in [1.165, 1.54) is 16.4 Å². The summed E-state index contributed by atoms with van der Waals surface area (Å²) >= 11 is 0. The van der Waals surface area contributed by atoms with Crippen LogP contribution in [0.15, 0.2) is 41.4 Å². The number of benzene rings is 1. The summed E-state index contributed by atoms with van der Waals surface area (Å²) in [7, 11) is -3.77. The van der Waals surface area contributed by atoms with E-state index in [9.17, 15) is 18.5 Å². The first-order chi connectivity index (χ1) is 15.9. The Labute approximate surface area is 193 Å². The smallest absolute Gasteiger partial charge is 0.293 e. The second-order valence-corrected chi connectivity index (χ2v) is 10.2. The molecule has 1 aromatic heterocycles. The maximum atomic E-state index is 13.1. The molecule has 2 fully saturated rings. The maximum absolute atomic E-state index is 13.1. The predicted octanol–water partition coefficient (Wildman–Crippen LogP) is 2.75.